The molecule has 0 saturated carbocycles. The Kier molecular flexibility index (Phi) is 5.02. The van der Waals surface area contributed by atoms with Crippen molar-refractivity contribution in [3.05, 3.63) is 102 Å². The fourth-order valence-electron chi connectivity index (χ4n) is 3.50. The molecule has 0 amide bonds. The van der Waals surface area contributed by atoms with Gasteiger partial charge in [0.25, 0.3) is 0 Å². The summed E-state index contributed by atoms with van der Waals surface area (Å²) in [5.41, 5.74) is 5.28. The van der Waals surface area contributed by atoms with Gasteiger partial charge in [-0.15, -0.1) is 0 Å². The molecule has 0 aliphatic rings. The molecule has 0 fully saturated rings. The second kappa shape index (κ2) is 7.77. The predicted molar refractivity (Wildman–Crippen MR) is 108 cm³/mol. The van der Waals surface area contributed by atoms with Crippen LogP contribution in [0.15, 0.2) is 79.1 Å². The van der Waals surface area contributed by atoms with Crippen LogP contribution in [-0.2, 0) is 13.0 Å². The van der Waals surface area contributed by atoms with E-state index in [1.165, 1.54) is 17.7 Å². The zero-order valence-corrected chi connectivity index (χ0v) is 15.6. The van der Waals surface area contributed by atoms with E-state index in [1.54, 1.807) is 6.33 Å². The minimum Gasteiger partial charge on any atom is -0.330 e. The molecule has 0 radical (unpaired) electrons. The van der Waals surface area contributed by atoms with Gasteiger partial charge in [-0.05, 0) is 41.3 Å². The number of benzene rings is 3. The molecule has 0 aliphatic heterocycles. The van der Waals surface area contributed by atoms with Crippen LogP contribution < -0.4 is 0 Å². The number of aromatic nitrogens is 2. The van der Waals surface area contributed by atoms with Gasteiger partial charge in [-0.25, -0.2) is 13.8 Å². The molecule has 4 rings (SSSR count). The lowest BCUT2D eigenvalue weighted by molar-refractivity contribution is 0.585. The van der Waals surface area contributed by atoms with Crippen molar-refractivity contribution in [1.29, 1.82) is 0 Å². The summed E-state index contributed by atoms with van der Waals surface area (Å²) in [7, 11) is 0. The Hall–Kier alpha value is -3.27. The van der Waals surface area contributed by atoms with E-state index in [2.05, 4.69) is 35.3 Å². The molecule has 28 heavy (non-hydrogen) atoms. The van der Waals surface area contributed by atoms with Crippen LogP contribution in [0.1, 0.15) is 18.2 Å². The number of hydrogen-bond acceptors (Lipinski definition) is 1. The first-order valence-electron chi connectivity index (χ1n) is 9.29. The van der Waals surface area contributed by atoms with Gasteiger partial charge in [0.05, 0.1) is 12.0 Å². The first kappa shape index (κ1) is 18.1. The Morgan fingerprint density at radius 3 is 2.39 bits per heavy atom. The van der Waals surface area contributed by atoms with Crippen LogP contribution in [0.5, 0.6) is 0 Å². The van der Waals surface area contributed by atoms with Crippen LogP contribution in [-0.4, -0.2) is 9.55 Å². The lowest BCUT2D eigenvalue weighted by atomic mass is 10.0. The van der Waals surface area contributed by atoms with Crippen LogP contribution >= 0.6 is 0 Å². The SMILES string of the molecule is CCc1c(-c2ccc(F)cc2F)ncn1Cc1cccc(-c2ccccc2)c1. The molecular formula is C24H20F2N2. The minimum absolute atomic E-state index is 0.329. The van der Waals surface area contributed by atoms with E-state index >= 15 is 0 Å². The lowest BCUT2D eigenvalue weighted by Gasteiger charge is -2.11. The summed E-state index contributed by atoms with van der Waals surface area (Å²) in [6.45, 7) is 2.65. The van der Waals surface area contributed by atoms with E-state index in [9.17, 15) is 8.78 Å². The summed E-state index contributed by atoms with van der Waals surface area (Å²) in [6, 6.07) is 22.2. The van der Waals surface area contributed by atoms with Crippen molar-refractivity contribution in [2.24, 2.45) is 0 Å². The third-order valence-corrected chi connectivity index (χ3v) is 4.85. The quantitative estimate of drug-likeness (QED) is 0.412. The van der Waals surface area contributed by atoms with Gasteiger partial charge in [0, 0.05) is 23.9 Å². The molecule has 0 atom stereocenters. The highest BCUT2D eigenvalue weighted by Gasteiger charge is 2.16. The number of halogens is 2. The Morgan fingerprint density at radius 2 is 1.64 bits per heavy atom. The molecule has 0 aliphatic carbocycles. The van der Waals surface area contributed by atoms with Crippen LogP contribution in [0, 0.1) is 11.6 Å². The Morgan fingerprint density at radius 1 is 0.857 bits per heavy atom. The number of nitrogens with zero attached hydrogens (tertiary/aromatic N) is 2. The highest BCUT2D eigenvalue weighted by atomic mass is 19.1. The van der Waals surface area contributed by atoms with Gasteiger partial charge in [0.15, 0.2) is 0 Å². The highest BCUT2D eigenvalue weighted by Crippen LogP contribution is 2.27. The molecule has 0 saturated heterocycles. The summed E-state index contributed by atoms with van der Waals surface area (Å²) < 4.78 is 29.5. The van der Waals surface area contributed by atoms with E-state index in [-0.39, 0.29) is 0 Å². The molecule has 1 heterocycles. The molecule has 2 nitrogen and oxygen atoms in total. The third-order valence-electron chi connectivity index (χ3n) is 4.85. The van der Waals surface area contributed by atoms with Crippen LogP contribution in [0.4, 0.5) is 8.78 Å². The minimum atomic E-state index is -0.592. The topological polar surface area (TPSA) is 17.8 Å². The first-order valence-corrected chi connectivity index (χ1v) is 9.29. The summed E-state index contributed by atoms with van der Waals surface area (Å²) in [6.07, 6.45) is 2.43. The number of hydrogen-bond donors (Lipinski definition) is 0. The zero-order valence-electron chi connectivity index (χ0n) is 15.6. The van der Waals surface area contributed by atoms with Crippen molar-refractivity contribution in [2.45, 2.75) is 19.9 Å². The van der Waals surface area contributed by atoms with Crippen LogP contribution in [0.3, 0.4) is 0 Å². The van der Waals surface area contributed by atoms with Gasteiger partial charge < -0.3 is 4.57 Å². The van der Waals surface area contributed by atoms with Crippen molar-refractivity contribution in [3.63, 3.8) is 0 Å². The van der Waals surface area contributed by atoms with Crippen molar-refractivity contribution in [2.75, 3.05) is 0 Å². The number of imidazole rings is 1. The highest BCUT2D eigenvalue weighted by molar-refractivity contribution is 5.64. The van der Waals surface area contributed by atoms with Crippen LogP contribution in [0.2, 0.25) is 0 Å². The number of rotatable bonds is 5. The molecule has 0 N–H and O–H groups in total. The summed E-state index contributed by atoms with van der Waals surface area (Å²) in [4.78, 5) is 4.42. The van der Waals surface area contributed by atoms with Gasteiger partial charge in [-0.3, -0.25) is 0 Å². The van der Waals surface area contributed by atoms with E-state index < -0.39 is 11.6 Å². The zero-order chi connectivity index (χ0) is 19.5. The van der Waals surface area contributed by atoms with Gasteiger partial charge in [-0.2, -0.15) is 0 Å². The van der Waals surface area contributed by atoms with E-state index in [4.69, 9.17) is 0 Å². The average Bonchev–Trinajstić information content (AvgIpc) is 3.11. The monoisotopic (exact) mass is 374 g/mol. The fourth-order valence-corrected chi connectivity index (χ4v) is 3.50. The summed E-state index contributed by atoms with van der Waals surface area (Å²) in [5, 5.41) is 0. The standard InChI is InChI=1S/C24H20F2N2/c1-2-23-24(21-12-11-20(25)14-22(21)26)27-16-28(23)15-17-7-6-10-19(13-17)18-8-4-3-5-9-18/h3-14,16H,2,15H2,1H3. The van der Waals surface area contributed by atoms with Crippen LogP contribution in [0.25, 0.3) is 22.4 Å². The average molecular weight is 374 g/mol. The van der Waals surface area contributed by atoms with Crippen molar-refractivity contribution < 1.29 is 8.78 Å². The summed E-state index contributed by atoms with van der Waals surface area (Å²) in [5.74, 6) is -1.18. The van der Waals surface area contributed by atoms with Gasteiger partial charge in [0.1, 0.15) is 11.6 Å². The Labute approximate surface area is 163 Å². The Bertz CT molecular complexity index is 1100. The van der Waals surface area contributed by atoms with Crippen molar-refractivity contribution in [3.8, 4) is 22.4 Å². The van der Waals surface area contributed by atoms with E-state index in [0.717, 1.165) is 22.9 Å². The fraction of sp³-hybridized carbons (Fsp3) is 0.125. The third kappa shape index (κ3) is 3.58. The largest absolute Gasteiger partial charge is 0.330 e. The second-order valence-electron chi connectivity index (χ2n) is 6.71. The molecule has 0 bridgehead atoms. The molecule has 0 unspecified atom stereocenters. The maximum atomic E-state index is 14.2. The second-order valence-corrected chi connectivity index (χ2v) is 6.71. The molecule has 0 spiro atoms. The molecule has 3 aromatic carbocycles. The molecule has 4 aromatic rings. The van der Waals surface area contributed by atoms with Gasteiger partial charge in [0.2, 0.25) is 0 Å². The lowest BCUT2D eigenvalue weighted by Crippen LogP contribution is -2.03. The van der Waals surface area contributed by atoms with E-state index in [0.29, 0.717) is 24.2 Å². The molecule has 4 heteroatoms. The van der Waals surface area contributed by atoms with Gasteiger partial charge in [-0.1, -0.05) is 55.5 Å². The van der Waals surface area contributed by atoms with Crippen molar-refractivity contribution >= 4 is 0 Å². The summed E-state index contributed by atoms with van der Waals surface area (Å²) >= 11 is 0. The molecule has 140 valence electrons. The smallest absolute Gasteiger partial charge is 0.135 e. The molecular weight excluding hydrogens is 354 g/mol. The van der Waals surface area contributed by atoms with Crippen molar-refractivity contribution in [1.82, 2.24) is 9.55 Å². The predicted octanol–water partition coefficient (Wildman–Crippen LogP) is 6.11. The first-order chi connectivity index (χ1) is 13.7. The Balaban J connectivity index is 1.67. The van der Waals surface area contributed by atoms with E-state index in [1.807, 2.05) is 35.8 Å². The maximum absolute atomic E-state index is 14.2. The maximum Gasteiger partial charge on any atom is 0.135 e. The van der Waals surface area contributed by atoms with Gasteiger partial charge >= 0.3 is 0 Å². The molecule has 1 aromatic heterocycles. The normalized spacial score (nSPS) is 11.0.